The van der Waals surface area contributed by atoms with Gasteiger partial charge in [-0.3, -0.25) is 0 Å². The zero-order valence-electron chi connectivity index (χ0n) is 9.42. The first-order valence-electron chi connectivity index (χ1n) is 5.04. The van der Waals surface area contributed by atoms with Crippen LogP contribution in [0.15, 0.2) is 34.7 Å². The number of nitrogens with zero attached hydrogens (tertiary/aromatic N) is 3. The van der Waals surface area contributed by atoms with Gasteiger partial charge in [0.2, 0.25) is 5.89 Å². The van der Waals surface area contributed by atoms with Gasteiger partial charge in [-0.05, 0) is 12.1 Å². The van der Waals surface area contributed by atoms with E-state index in [0.717, 1.165) is 5.56 Å². The molecule has 1 aromatic heterocycles. The highest BCUT2D eigenvalue weighted by Gasteiger charge is 2.16. The molecule has 0 aliphatic carbocycles. The third-order valence-electron chi connectivity index (χ3n) is 2.03. The number of quaternary nitrogens is 1. The van der Waals surface area contributed by atoms with Crippen molar-refractivity contribution in [3.63, 3.8) is 0 Å². The highest BCUT2D eigenvalue weighted by Crippen LogP contribution is 2.17. The summed E-state index contributed by atoms with van der Waals surface area (Å²) in [7, 11) is 3.73. The molecule has 84 valence electrons. The van der Waals surface area contributed by atoms with Crippen LogP contribution in [0.5, 0.6) is 0 Å². The Morgan fingerprint density at radius 1 is 1.19 bits per heavy atom. The van der Waals surface area contributed by atoms with Gasteiger partial charge in [0.15, 0.2) is 6.54 Å². The van der Waals surface area contributed by atoms with E-state index in [1.54, 1.807) is 0 Å². The second-order valence-electron chi connectivity index (χ2n) is 4.30. The smallest absolute Gasteiger partial charge is 0.273 e. The molecule has 2 rings (SSSR count). The van der Waals surface area contributed by atoms with Gasteiger partial charge in [-0.1, -0.05) is 18.2 Å². The van der Waals surface area contributed by atoms with Crippen molar-refractivity contribution in [2.24, 2.45) is 5.84 Å². The van der Waals surface area contributed by atoms with Crippen LogP contribution in [0, 0.1) is 0 Å². The van der Waals surface area contributed by atoms with E-state index in [2.05, 4.69) is 10.2 Å². The Kier molecular flexibility index (Phi) is 2.72. The van der Waals surface area contributed by atoms with Gasteiger partial charge >= 0.3 is 0 Å². The minimum absolute atomic E-state index is 0.274. The van der Waals surface area contributed by atoms with Crippen molar-refractivity contribution < 1.29 is 9.01 Å². The maximum absolute atomic E-state index is 5.83. The first kappa shape index (κ1) is 10.8. The van der Waals surface area contributed by atoms with Crippen LogP contribution in [0.3, 0.4) is 0 Å². The number of benzene rings is 1. The van der Waals surface area contributed by atoms with Crippen molar-refractivity contribution in [2.45, 2.75) is 6.54 Å². The molecule has 0 saturated carbocycles. The SMILES string of the molecule is C[N+](C)(N)Cc1nnc(-c2ccccc2)o1. The Hall–Kier alpha value is -1.72. The average Bonchev–Trinajstić information content (AvgIpc) is 2.65. The van der Waals surface area contributed by atoms with E-state index >= 15 is 0 Å². The third-order valence-corrected chi connectivity index (χ3v) is 2.03. The Bertz CT molecular complexity index is 458. The minimum Gasteiger partial charge on any atom is -0.415 e. The number of nitrogens with two attached hydrogens (primary N) is 1. The van der Waals surface area contributed by atoms with E-state index in [1.165, 1.54) is 0 Å². The lowest BCUT2D eigenvalue weighted by Gasteiger charge is -2.19. The molecule has 0 fully saturated rings. The molecule has 0 amide bonds. The monoisotopic (exact) mass is 219 g/mol. The molecule has 0 saturated heterocycles. The molecule has 16 heavy (non-hydrogen) atoms. The van der Waals surface area contributed by atoms with Crippen LogP contribution >= 0.6 is 0 Å². The molecule has 2 aromatic rings. The van der Waals surface area contributed by atoms with Gasteiger partial charge in [0.25, 0.3) is 5.89 Å². The molecule has 0 bridgehead atoms. The number of hydrogen-bond acceptors (Lipinski definition) is 4. The maximum Gasteiger partial charge on any atom is 0.273 e. The van der Waals surface area contributed by atoms with Crippen LogP contribution in [0.4, 0.5) is 0 Å². The molecule has 5 nitrogen and oxygen atoms in total. The molecule has 0 unspecified atom stereocenters. The Balaban J connectivity index is 2.21. The zero-order valence-corrected chi connectivity index (χ0v) is 9.42. The average molecular weight is 219 g/mol. The summed E-state index contributed by atoms with van der Waals surface area (Å²) in [5.74, 6) is 6.90. The van der Waals surface area contributed by atoms with E-state index in [-0.39, 0.29) is 4.59 Å². The predicted molar refractivity (Wildman–Crippen MR) is 59.7 cm³/mol. The standard InChI is InChI=1S/C11H15N4O/c1-15(2,12)8-10-13-14-11(16-10)9-6-4-3-5-7-9/h3-7H,8,12H2,1-2H3/q+1. The molecule has 1 heterocycles. The molecule has 0 aliphatic heterocycles. The lowest BCUT2D eigenvalue weighted by Crippen LogP contribution is -2.45. The summed E-state index contributed by atoms with van der Waals surface area (Å²) in [4.78, 5) is 0. The Labute approximate surface area is 94.1 Å². The fraction of sp³-hybridized carbons (Fsp3) is 0.273. The van der Waals surface area contributed by atoms with Crippen LogP contribution in [0.25, 0.3) is 11.5 Å². The molecule has 5 heteroatoms. The van der Waals surface area contributed by atoms with Crippen molar-refractivity contribution in [3.05, 3.63) is 36.2 Å². The number of rotatable bonds is 3. The Morgan fingerprint density at radius 3 is 2.50 bits per heavy atom. The maximum atomic E-state index is 5.83. The van der Waals surface area contributed by atoms with Gasteiger partial charge in [-0.2, -0.15) is 5.84 Å². The van der Waals surface area contributed by atoms with Crippen LogP contribution in [0.1, 0.15) is 5.89 Å². The number of aromatic nitrogens is 2. The Morgan fingerprint density at radius 2 is 1.88 bits per heavy atom. The molecule has 0 atom stereocenters. The van der Waals surface area contributed by atoms with Crippen molar-refractivity contribution in [1.29, 1.82) is 0 Å². The summed E-state index contributed by atoms with van der Waals surface area (Å²) >= 11 is 0. The lowest BCUT2D eigenvalue weighted by atomic mass is 10.2. The largest absolute Gasteiger partial charge is 0.415 e. The van der Waals surface area contributed by atoms with Crippen LogP contribution in [-0.2, 0) is 6.54 Å². The summed E-state index contributed by atoms with van der Waals surface area (Å²) in [6.07, 6.45) is 0. The third kappa shape index (κ3) is 2.65. The van der Waals surface area contributed by atoms with Crippen molar-refractivity contribution in [2.75, 3.05) is 14.1 Å². The predicted octanol–water partition coefficient (Wildman–Crippen LogP) is 1.19. The molecule has 2 N–H and O–H groups in total. The van der Waals surface area contributed by atoms with E-state index < -0.39 is 0 Å². The molecule has 0 aliphatic rings. The molecule has 0 radical (unpaired) electrons. The minimum atomic E-state index is 0.274. The van der Waals surface area contributed by atoms with Gasteiger partial charge in [-0.15, -0.1) is 10.2 Å². The number of hydrogen-bond donors (Lipinski definition) is 1. The second kappa shape index (κ2) is 4.03. The van der Waals surface area contributed by atoms with E-state index in [1.807, 2.05) is 44.4 Å². The molecular formula is C11H15N4O+. The summed E-state index contributed by atoms with van der Waals surface area (Å²) < 4.78 is 5.80. The summed E-state index contributed by atoms with van der Waals surface area (Å²) in [5, 5.41) is 7.95. The van der Waals surface area contributed by atoms with Gasteiger partial charge in [-0.25, -0.2) is 4.59 Å². The lowest BCUT2D eigenvalue weighted by molar-refractivity contribution is -0.916. The molecular weight excluding hydrogens is 204 g/mol. The van der Waals surface area contributed by atoms with Gasteiger partial charge in [0.1, 0.15) is 0 Å². The molecule has 1 aromatic carbocycles. The zero-order chi connectivity index (χ0) is 11.6. The first-order valence-corrected chi connectivity index (χ1v) is 5.04. The summed E-state index contributed by atoms with van der Waals surface area (Å²) in [6, 6.07) is 9.67. The topological polar surface area (TPSA) is 64.9 Å². The van der Waals surface area contributed by atoms with Gasteiger partial charge in [0.05, 0.1) is 14.1 Å². The highest BCUT2D eigenvalue weighted by molar-refractivity contribution is 5.51. The van der Waals surface area contributed by atoms with Gasteiger partial charge in [0, 0.05) is 5.56 Å². The fourth-order valence-electron chi connectivity index (χ4n) is 1.36. The van der Waals surface area contributed by atoms with Crippen molar-refractivity contribution in [3.8, 4) is 11.5 Å². The van der Waals surface area contributed by atoms with Crippen LogP contribution < -0.4 is 5.84 Å². The quantitative estimate of drug-likeness (QED) is 0.478. The highest BCUT2D eigenvalue weighted by atomic mass is 16.4. The van der Waals surface area contributed by atoms with E-state index in [4.69, 9.17) is 10.3 Å². The van der Waals surface area contributed by atoms with E-state index in [9.17, 15) is 0 Å². The van der Waals surface area contributed by atoms with Crippen molar-refractivity contribution in [1.82, 2.24) is 10.2 Å². The molecule has 0 spiro atoms. The summed E-state index contributed by atoms with van der Waals surface area (Å²) in [5.41, 5.74) is 0.920. The van der Waals surface area contributed by atoms with E-state index in [0.29, 0.717) is 18.3 Å². The van der Waals surface area contributed by atoms with Crippen LogP contribution in [0.2, 0.25) is 0 Å². The van der Waals surface area contributed by atoms with Gasteiger partial charge < -0.3 is 4.42 Å². The normalized spacial score (nSPS) is 11.7. The first-order chi connectivity index (χ1) is 7.54. The second-order valence-corrected chi connectivity index (χ2v) is 4.30. The fourth-order valence-corrected chi connectivity index (χ4v) is 1.36. The van der Waals surface area contributed by atoms with Crippen molar-refractivity contribution >= 4 is 0 Å². The summed E-state index contributed by atoms with van der Waals surface area (Å²) in [6.45, 7) is 0.514. The van der Waals surface area contributed by atoms with Crippen LogP contribution in [-0.4, -0.2) is 28.9 Å².